The molecule has 2 N–H and O–H groups in total. The number of aliphatic imine (C=N–C) groups is 1. The predicted octanol–water partition coefficient (Wildman–Crippen LogP) is 2.15. The fourth-order valence-corrected chi connectivity index (χ4v) is 3.63. The molecule has 2 rings (SSSR count). The molecule has 144 valence electrons. The van der Waals surface area contributed by atoms with Crippen LogP contribution < -0.4 is 10.6 Å². The molecular weight excluding hydrogens is 316 g/mol. The van der Waals surface area contributed by atoms with Crippen LogP contribution in [0, 0.1) is 5.92 Å². The van der Waals surface area contributed by atoms with Gasteiger partial charge in [0.25, 0.3) is 0 Å². The second-order valence-corrected chi connectivity index (χ2v) is 7.55. The van der Waals surface area contributed by atoms with Crippen LogP contribution in [-0.4, -0.2) is 62.2 Å². The Kier molecular flexibility index (Phi) is 8.52. The molecule has 1 saturated heterocycles. The Bertz CT molecular complexity index is 431. The smallest absolute Gasteiger partial charge is 0.225 e. The van der Waals surface area contributed by atoms with E-state index in [2.05, 4.69) is 15.6 Å². The number of guanidine groups is 1. The van der Waals surface area contributed by atoms with Gasteiger partial charge < -0.3 is 20.3 Å². The monoisotopic (exact) mass is 352 g/mol. The average molecular weight is 353 g/mol. The van der Waals surface area contributed by atoms with Crippen LogP contribution in [0.2, 0.25) is 0 Å². The molecule has 2 aliphatic rings. The molecule has 1 aliphatic heterocycles. The third-order valence-electron chi connectivity index (χ3n) is 5.11. The summed E-state index contributed by atoms with van der Waals surface area (Å²) in [5, 5.41) is 6.76. The fourth-order valence-electron chi connectivity index (χ4n) is 3.63. The first-order chi connectivity index (χ1) is 12.1. The SMILES string of the molecule is CN=C(NCCOC1CCCCCC1)NC1CCN(C(=O)C(C)C)C1. The minimum Gasteiger partial charge on any atom is -0.376 e. The van der Waals surface area contributed by atoms with E-state index in [9.17, 15) is 4.79 Å². The zero-order chi connectivity index (χ0) is 18.1. The summed E-state index contributed by atoms with van der Waals surface area (Å²) in [5.74, 6) is 1.11. The Morgan fingerprint density at radius 1 is 1.20 bits per heavy atom. The number of hydrogen-bond donors (Lipinski definition) is 2. The standard InChI is InChI=1S/C19H36N4O2/c1-15(2)18(24)23-12-10-16(14-23)22-19(20-3)21-11-13-25-17-8-6-4-5-7-9-17/h15-17H,4-14H2,1-3H3,(H2,20,21,22). The zero-order valence-electron chi connectivity index (χ0n) is 16.2. The maximum Gasteiger partial charge on any atom is 0.225 e. The van der Waals surface area contributed by atoms with Crippen molar-refractivity contribution >= 4 is 11.9 Å². The van der Waals surface area contributed by atoms with Crippen LogP contribution in [-0.2, 0) is 9.53 Å². The molecular formula is C19H36N4O2. The van der Waals surface area contributed by atoms with Crippen molar-refractivity contribution < 1.29 is 9.53 Å². The molecule has 0 spiro atoms. The van der Waals surface area contributed by atoms with Gasteiger partial charge >= 0.3 is 0 Å². The first-order valence-electron chi connectivity index (χ1n) is 9.97. The van der Waals surface area contributed by atoms with E-state index in [1.54, 1.807) is 7.05 Å². The van der Waals surface area contributed by atoms with Crippen LogP contribution in [0.5, 0.6) is 0 Å². The van der Waals surface area contributed by atoms with E-state index in [1.807, 2.05) is 18.7 Å². The van der Waals surface area contributed by atoms with Gasteiger partial charge in [0, 0.05) is 38.6 Å². The molecule has 6 heteroatoms. The molecule has 25 heavy (non-hydrogen) atoms. The Morgan fingerprint density at radius 3 is 2.56 bits per heavy atom. The van der Waals surface area contributed by atoms with Gasteiger partial charge in [0.05, 0.1) is 12.7 Å². The highest BCUT2D eigenvalue weighted by Gasteiger charge is 2.27. The summed E-state index contributed by atoms with van der Waals surface area (Å²) in [5.41, 5.74) is 0. The fraction of sp³-hybridized carbons (Fsp3) is 0.895. The molecule has 0 bridgehead atoms. The minimum absolute atomic E-state index is 0.0670. The maximum atomic E-state index is 12.1. The van der Waals surface area contributed by atoms with E-state index in [4.69, 9.17) is 4.74 Å². The number of nitrogens with zero attached hydrogens (tertiary/aromatic N) is 2. The summed E-state index contributed by atoms with van der Waals surface area (Å²) in [6.07, 6.45) is 9.12. The Hall–Kier alpha value is -1.30. The summed E-state index contributed by atoms with van der Waals surface area (Å²) in [6.45, 7) is 6.98. The van der Waals surface area contributed by atoms with E-state index >= 15 is 0 Å². The number of likely N-dealkylation sites (tertiary alicyclic amines) is 1. The lowest BCUT2D eigenvalue weighted by molar-refractivity contribution is -0.133. The Balaban J connectivity index is 1.63. The third kappa shape index (κ3) is 6.84. The lowest BCUT2D eigenvalue weighted by Gasteiger charge is -2.21. The van der Waals surface area contributed by atoms with Gasteiger partial charge in [-0.3, -0.25) is 9.79 Å². The van der Waals surface area contributed by atoms with Crippen molar-refractivity contribution in [3.63, 3.8) is 0 Å². The van der Waals surface area contributed by atoms with Gasteiger partial charge in [-0.15, -0.1) is 0 Å². The average Bonchev–Trinajstić information content (AvgIpc) is 2.91. The van der Waals surface area contributed by atoms with E-state index in [-0.39, 0.29) is 17.9 Å². The maximum absolute atomic E-state index is 12.1. The van der Waals surface area contributed by atoms with Crippen LogP contribution >= 0.6 is 0 Å². The van der Waals surface area contributed by atoms with Crippen LogP contribution in [0.4, 0.5) is 0 Å². The van der Waals surface area contributed by atoms with E-state index in [0.29, 0.717) is 12.7 Å². The number of hydrogen-bond acceptors (Lipinski definition) is 3. The topological polar surface area (TPSA) is 66.0 Å². The van der Waals surface area contributed by atoms with E-state index in [1.165, 1.54) is 38.5 Å². The van der Waals surface area contributed by atoms with E-state index < -0.39 is 0 Å². The van der Waals surface area contributed by atoms with Gasteiger partial charge in [0.1, 0.15) is 0 Å². The van der Waals surface area contributed by atoms with Crippen molar-refractivity contribution in [1.82, 2.24) is 15.5 Å². The highest BCUT2D eigenvalue weighted by Crippen LogP contribution is 2.19. The Morgan fingerprint density at radius 2 is 1.92 bits per heavy atom. The number of carbonyl (C=O) groups excluding carboxylic acids is 1. The van der Waals surface area contributed by atoms with Crippen LogP contribution in [0.3, 0.4) is 0 Å². The molecule has 1 atom stereocenters. The molecule has 0 aromatic heterocycles. The van der Waals surface area contributed by atoms with Crippen molar-refractivity contribution in [3.8, 4) is 0 Å². The summed E-state index contributed by atoms with van der Waals surface area (Å²) >= 11 is 0. The highest BCUT2D eigenvalue weighted by molar-refractivity contribution is 5.81. The van der Waals surface area contributed by atoms with Gasteiger partial charge in [-0.1, -0.05) is 39.5 Å². The first-order valence-corrected chi connectivity index (χ1v) is 9.97. The largest absolute Gasteiger partial charge is 0.376 e. The second-order valence-electron chi connectivity index (χ2n) is 7.55. The lowest BCUT2D eigenvalue weighted by Crippen LogP contribution is -2.46. The first kappa shape index (κ1) is 20.0. The van der Waals surface area contributed by atoms with Crippen LogP contribution in [0.15, 0.2) is 4.99 Å². The molecule has 6 nitrogen and oxygen atoms in total. The number of carbonyl (C=O) groups is 1. The third-order valence-corrected chi connectivity index (χ3v) is 5.11. The minimum atomic E-state index is 0.0670. The van der Waals surface area contributed by atoms with Gasteiger partial charge in [-0.05, 0) is 19.3 Å². The van der Waals surface area contributed by atoms with Gasteiger partial charge in [-0.25, -0.2) is 0 Å². The van der Waals surface area contributed by atoms with E-state index in [0.717, 1.165) is 32.0 Å². The summed E-state index contributed by atoms with van der Waals surface area (Å²) in [7, 11) is 1.79. The summed E-state index contributed by atoms with van der Waals surface area (Å²) < 4.78 is 6.00. The summed E-state index contributed by atoms with van der Waals surface area (Å²) in [4.78, 5) is 18.3. The molecule has 2 fully saturated rings. The number of rotatable bonds is 6. The lowest BCUT2D eigenvalue weighted by atomic mass is 10.1. The number of amides is 1. The van der Waals surface area contributed by atoms with Crippen molar-refractivity contribution in [2.45, 2.75) is 70.9 Å². The van der Waals surface area contributed by atoms with Gasteiger partial charge in [0.15, 0.2) is 5.96 Å². The molecule has 1 amide bonds. The molecule has 1 saturated carbocycles. The van der Waals surface area contributed by atoms with Crippen molar-refractivity contribution in [2.24, 2.45) is 10.9 Å². The normalized spacial score (nSPS) is 23.0. The number of ether oxygens (including phenoxy) is 1. The number of nitrogens with one attached hydrogen (secondary N) is 2. The van der Waals surface area contributed by atoms with Crippen molar-refractivity contribution in [1.29, 1.82) is 0 Å². The second kappa shape index (κ2) is 10.6. The molecule has 1 unspecified atom stereocenters. The molecule has 1 aliphatic carbocycles. The zero-order valence-corrected chi connectivity index (χ0v) is 16.2. The molecule has 0 aromatic rings. The van der Waals surface area contributed by atoms with Crippen molar-refractivity contribution in [3.05, 3.63) is 0 Å². The quantitative estimate of drug-likeness (QED) is 0.333. The summed E-state index contributed by atoms with van der Waals surface area (Å²) in [6, 6.07) is 0.275. The highest BCUT2D eigenvalue weighted by atomic mass is 16.5. The van der Waals surface area contributed by atoms with Gasteiger partial charge in [-0.2, -0.15) is 0 Å². The Labute approximate surface area is 152 Å². The molecule has 1 heterocycles. The van der Waals surface area contributed by atoms with Gasteiger partial charge in [0.2, 0.25) is 5.91 Å². The molecule has 0 radical (unpaired) electrons. The predicted molar refractivity (Wildman–Crippen MR) is 102 cm³/mol. The van der Waals surface area contributed by atoms with Crippen LogP contribution in [0.1, 0.15) is 58.8 Å². The van der Waals surface area contributed by atoms with Crippen LogP contribution in [0.25, 0.3) is 0 Å². The molecule has 0 aromatic carbocycles. The van der Waals surface area contributed by atoms with Crippen molar-refractivity contribution in [2.75, 3.05) is 33.3 Å².